The summed E-state index contributed by atoms with van der Waals surface area (Å²) < 4.78 is 4.94. The molecular formula is C14H22N4O2. The second-order valence-electron chi connectivity index (χ2n) is 5.95. The lowest BCUT2D eigenvalue weighted by Gasteiger charge is -2.24. The van der Waals surface area contributed by atoms with Gasteiger partial charge in [-0.2, -0.15) is 0 Å². The molecule has 0 unspecified atom stereocenters. The van der Waals surface area contributed by atoms with Crippen molar-refractivity contribution >= 4 is 11.7 Å². The fraction of sp³-hybridized carbons (Fsp3) is 0.714. The lowest BCUT2D eigenvalue weighted by Crippen LogP contribution is -2.40. The molecule has 1 aromatic rings. The van der Waals surface area contributed by atoms with Crippen molar-refractivity contribution in [1.82, 2.24) is 15.0 Å². The number of hydrogen-bond acceptors (Lipinski definition) is 5. The molecule has 1 aromatic heterocycles. The van der Waals surface area contributed by atoms with Crippen molar-refractivity contribution in [2.75, 3.05) is 32.0 Å². The number of nitrogens with one attached hydrogen (secondary N) is 1. The van der Waals surface area contributed by atoms with Gasteiger partial charge in [0.15, 0.2) is 5.82 Å². The van der Waals surface area contributed by atoms with Crippen LogP contribution in [-0.4, -0.2) is 59.6 Å². The fourth-order valence-electron chi connectivity index (χ4n) is 3.33. The highest BCUT2D eigenvalue weighted by molar-refractivity contribution is 5.91. The number of carbonyl (C=O) groups is 1. The van der Waals surface area contributed by atoms with Gasteiger partial charge in [0.2, 0.25) is 5.91 Å². The molecule has 110 valence electrons. The van der Waals surface area contributed by atoms with Gasteiger partial charge in [0.25, 0.3) is 0 Å². The van der Waals surface area contributed by atoms with E-state index in [1.54, 1.807) is 6.07 Å². The van der Waals surface area contributed by atoms with E-state index in [2.05, 4.69) is 27.3 Å². The van der Waals surface area contributed by atoms with Gasteiger partial charge in [0.05, 0.1) is 6.54 Å². The first kappa shape index (κ1) is 13.6. The summed E-state index contributed by atoms with van der Waals surface area (Å²) in [5.41, 5.74) is 0. The lowest BCUT2D eigenvalue weighted by molar-refractivity contribution is -0.117. The van der Waals surface area contributed by atoms with Crippen LogP contribution in [0.5, 0.6) is 0 Å². The molecule has 1 N–H and O–H groups in total. The van der Waals surface area contributed by atoms with Crippen molar-refractivity contribution in [2.24, 2.45) is 0 Å². The topological polar surface area (TPSA) is 61.6 Å². The summed E-state index contributed by atoms with van der Waals surface area (Å²) in [6.07, 6.45) is 3.71. The van der Waals surface area contributed by atoms with Gasteiger partial charge in [0.1, 0.15) is 5.76 Å². The largest absolute Gasteiger partial charge is 0.360 e. The first-order chi connectivity index (χ1) is 9.61. The van der Waals surface area contributed by atoms with Crippen molar-refractivity contribution in [3.8, 4) is 0 Å². The van der Waals surface area contributed by atoms with Gasteiger partial charge in [-0.3, -0.25) is 14.6 Å². The standard InChI is InChI=1S/C14H22N4O2/c1-10-7-13(16-20-10)15-14(19)9-18-6-5-11-3-4-12(8-18)17(11)2/h7,11-12H,3-6,8-9H2,1-2H3,(H,15,16,19)/t11-,12+/m1/s1. The first-order valence-corrected chi connectivity index (χ1v) is 7.29. The minimum atomic E-state index is -0.0151. The maximum atomic E-state index is 12.0. The number of hydrogen-bond donors (Lipinski definition) is 1. The lowest BCUT2D eigenvalue weighted by atomic mass is 10.1. The summed E-state index contributed by atoms with van der Waals surface area (Å²) in [4.78, 5) is 16.8. The Labute approximate surface area is 119 Å². The average Bonchev–Trinajstić information content (AvgIpc) is 2.88. The van der Waals surface area contributed by atoms with E-state index in [1.807, 2.05) is 6.92 Å². The van der Waals surface area contributed by atoms with Crippen molar-refractivity contribution < 1.29 is 9.32 Å². The molecule has 2 aliphatic heterocycles. The summed E-state index contributed by atoms with van der Waals surface area (Å²) in [6, 6.07) is 3.03. The summed E-state index contributed by atoms with van der Waals surface area (Å²) in [5, 5.41) is 6.57. The van der Waals surface area contributed by atoms with E-state index in [0.717, 1.165) is 19.5 Å². The van der Waals surface area contributed by atoms with Crippen LogP contribution in [0, 0.1) is 6.92 Å². The molecule has 2 aliphatic rings. The quantitative estimate of drug-likeness (QED) is 0.897. The maximum absolute atomic E-state index is 12.0. The Balaban J connectivity index is 1.54. The molecule has 20 heavy (non-hydrogen) atoms. The zero-order valence-electron chi connectivity index (χ0n) is 12.1. The molecule has 3 heterocycles. The Morgan fingerprint density at radius 2 is 2.25 bits per heavy atom. The second-order valence-corrected chi connectivity index (χ2v) is 5.95. The number of nitrogens with zero attached hydrogens (tertiary/aromatic N) is 3. The number of anilines is 1. The monoisotopic (exact) mass is 278 g/mol. The number of likely N-dealkylation sites (tertiary alicyclic amines) is 1. The SMILES string of the molecule is Cc1cc(NC(=O)CN2CC[C@H]3CC[C@@H](C2)N3C)no1. The molecule has 2 fully saturated rings. The Bertz CT molecular complexity index is 487. The number of aryl methyl sites for hydroxylation is 1. The van der Waals surface area contributed by atoms with Crippen LogP contribution in [0.2, 0.25) is 0 Å². The van der Waals surface area contributed by atoms with E-state index in [9.17, 15) is 4.79 Å². The van der Waals surface area contributed by atoms with E-state index in [1.165, 1.54) is 12.8 Å². The Morgan fingerprint density at radius 3 is 3.00 bits per heavy atom. The third kappa shape index (κ3) is 2.86. The zero-order valence-corrected chi connectivity index (χ0v) is 12.1. The minimum absolute atomic E-state index is 0.0151. The van der Waals surface area contributed by atoms with Crippen LogP contribution in [0.1, 0.15) is 25.0 Å². The predicted molar refractivity (Wildman–Crippen MR) is 75.5 cm³/mol. The molecule has 0 spiro atoms. The zero-order chi connectivity index (χ0) is 14.1. The Morgan fingerprint density at radius 1 is 1.45 bits per heavy atom. The van der Waals surface area contributed by atoms with Gasteiger partial charge < -0.3 is 9.84 Å². The van der Waals surface area contributed by atoms with E-state index >= 15 is 0 Å². The molecule has 3 rings (SSSR count). The number of fused-ring (bicyclic) bond motifs is 2. The van der Waals surface area contributed by atoms with Crippen LogP contribution in [0.15, 0.2) is 10.6 Å². The number of likely N-dealkylation sites (N-methyl/N-ethyl adjacent to an activating group) is 1. The molecule has 0 saturated carbocycles. The molecule has 2 saturated heterocycles. The third-order valence-corrected chi connectivity index (χ3v) is 4.50. The molecule has 6 nitrogen and oxygen atoms in total. The van der Waals surface area contributed by atoms with Crippen LogP contribution in [0.4, 0.5) is 5.82 Å². The number of rotatable bonds is 3. The van der Waals surface area contributed by atoms with Gasteiger partial charge in [-0.15, -0.1) is 0 Å². The van der Waals surface area contributed by atoms with Crippen molar-refractivity contribution in [2.45, 2.75) is 38.3 Å². The van der Waals surface area contributed by atoms with Gasteiger partial charge in [-0.05, 0) is 33.2 Å². The molecular weight excluding hydrogens is 256 g/mol. The van der Waals surface area contributed by atoms with E-state index in [0.29, 0.717) is 30.2 Å². The third-order valence-electron chi connectivity index (χ3n) is 4.50. The van der Waals surface area contributed by atoms with E-state index in [-0.39, 0.29) is 5.91 Å². The molecule has 2 bridgehead atoms. The van der Waals surface area contributed by atoms with Gasteiger partial charge in [-0.1, -0.05) is 5.16 Å². The molecule has 0 aliphatic carbocycles. The minimum Gasteiger partial charge on any atom is -0.360 e. The first-order valence-electron chi connectivity index (χ1n) is 7.29. The Kier molecular flexibility index (Phi) is 3.76. The van der Waals surface area contributed by atoms with Crippen LogP contribution in [0.25, 0.3) is 0 Å². The highest BCUT2D eigenvalue weighted by atomic mass is 16.5. The second kappa shape index (κ2) is 5.54. The smallest absolute Gasteiger partial charge is 0.239 e. The summed E-state index contributed by atoms with van der Waals surface area (Å²) in [6.45, 7) is 4.22. The average molecular weight is 278 g/mol. The van der Waals surface area contributed by atoms with E-state index in [4.69, 9.17) is 4.52 Å². The van der Waals surface area contributed by atoms with Crippen molar-refractivity contribution in [3.63, 3.8) is 0 Å². The number of carbonyl (C=O) groups excluding carboxylic acids is 1. The number of aromatic nitrogens is 1. The van der Waals surface area contributed by atoms with Gasteiger partial charge in [-0.25, -0.2) is 0 Å². The van der Waals surface area contributed by atoms with E-state index < -0.39 is 0 Å². The molecule has 2 atom stereocenters. The molecule has 0 aromatic carbocycles. The summed E-state index contributed by atoms with van der Waals surface area (Å²) in [7, 11) is 2.21. The maximum Gasteiger partial charge on any atom is 0.239 e. The van der Waals surface area contributed by atoms with Crippen LogP contribution in [-0.2, 0) is 4.79 Å². The molecule has 0 radical (unpaired) electrons. The fourth-order valence-corrected chi connectivity index (χ4v) is 3.33. The van der Waals surface area contributed by atoms with Crippen molar-refractivity contribution in [3.05, 3.63) is 11.8 Å². The normalized spacial score (nSPS) is 27.5. The molecule has 6 heteroatoms. The van der Waals surface area contributed by atoms with Gasteiger partial charge >= 0.3 is 0 Å². The van der Waals surface area contributed by atoms with Crippen LogP contribution >= 0.6 is 0 Å². The predicted octanol–water partition coefficient (Wildman–Crippen LogP) is 1.09. The van der Waals surface area contributed by atoms with Gasteiger partial charge in [0, 0.05) is 31.2 Å². The van der Waals surface area contributed by atoms with Crippen LogP contribution < -0.4 is 5.32 Å². The molecule has 1 amide bonds. The van der Waals surface area contributed by atoms with Crippen molar-refractivity contribution in [1.29, 1.82) is 0 Å². The van der Waals surface area contributed by atoms with Crippen LogP contribution in [0.3, 0.4) is 0 Å². The number of amides is 1. The Hall–Kier alpha value is -1.40. The highest BCUT2D eigenvalue weighted by Crippen LogP contribution is 2.28. The highest BCUT2D eigenvalue weighted by Gasteiger charge is 2.34. The summed E-state index contributed by atoms with van der Waals surface area (Å²) in [5.74, 6) is 1.19. The summed E-state index contributed by atoms with van der Waals surface area (Å²) >= 11 is 0.